The van der Waals surface area contributed by atoms with Crippen molar-refractivity contribution in [2.75, 3.05) is 5.73 Å². The zero-order valence-electron chi connectivity index (χ0n) is 9.02. The van der Waals surface area contributed by atoms with Crippen molar-refractivity contribution >= 4 is 22.5 Å². The van der Waals surface area contributed by atoms with Crippen LogP contribution in [0.2, 0.25) is 0 Å². The van der Waals surface area contributed by atoms with E-state index in [1.807, 2.05) is 13.8 Å². The predicted molar refractivity (Wildman–Crippen MR) is 60.7 cm³/mol. The van der Waals surface area contributed by atoms with Gasteiger partial charge in [0.1, 0.15) is 5.82 Å². The molecule has 0 radical (unpaired) electrons. The number of primary amides is 1. The molecule has 0 saturated heterocycles. The summed E-state index contributed by atoms with van der Waals surface area (Å²) in [4.78, 5) is 14.2. The van der Waals surface area contributed by atoms with Crippen LogP contribution in [-0.4, -0.2) is 10.9 Å². The summed E-state index contributed by atoms with van der Waals surface area (Å²) < 4.78 is 13.5. The molecule has 0 bridgehead atoms. The molecule has 0 atom stereocenters. The number of anilines is 1. The molecule has 0 fully saturated rings. The van der Waals surface area contributed by atoms with E-state index in [2.05, 4.69) is 4.98 Å². The molecular formula is C11H12FN3O. The van der Waals surface area contributed by atoms with E-state index in [0.29, 0.717) is 10.9 Å². The molecule has 1 amide bonds. The smallest absolute Gasteiger partial charge is 0.250 e. The van der Waals surface area contributed by atoms with Gasteiger partial charge in [-0.1, -0.05) is 0 Å². The molecule has 5 N–H and O–H groups in total. The number of aromatic nitrogens is 1. The van der Waals surface area contributed by atoms with Crippen molar-refractivity contribution in [3.63, 3.8) is 0 Å². The SMILES string of the molecule is Cc1[nH]c2c(C(N)=O)cc(F)c(N)c2c1C. The van der Waals surface area contributed by atoms with E-state index in [4.69, 9.17) is 11.5 Å². The predicted octanol–water partition coefficient (Wildman–Crippen LogP) is 1.60. The Morgan fingerprint density at radius 1 is 1.44 bits per heavy atom. The van der Waals surface area contributed by atoms with E-state index in [9.17, 15) is 9.18 Å². The van der Waals surface area contributed by atoms with Gasteiger partial charge in [-0.15, -0.1) is 0 Å². The second-order valence-corrected chi connectivity index (χ2v) is 3.81. The van der Waals surface area contributed by atoms with Crippen LogP contribution in [0.3, 0.4) is 0 Å². The molecule has 2 aromatic rings. The highest BCUT2D eigenvalue weighted by molar-refractivity contribution is 6.09. The summed E-state index contributed by atoms with van der Waals surface area (Å²) in [6.07, 6.45) is 0. The Kier molecular flexibility index (Phi) is 2.11. The van der Waals surface area contributed by atoms with Crippen LogP contribution in [0, 0.1) is 19.7 Å². The maximum atomic E-state index is 13.5. The number of nitrogen functional groups attached to an aromatic ring is 1. The van der Waals surface area contributed by atoms with Crippen molar-refractivity contribution in [3.8, 4) is 0 Å². The molecule has 2 rings (SSSR count). The third-order valence-electron chi connectivity index (χ3n) is 2.83. The minimum atomic E-state index is -0.676. The maximum Gasteiger partial charge on any atom is 0.250 e. The van der Waals surface area contributed by atoms with Gasteiger partial charge in [-0.05, 0) is 25.5 Å². The molecule has 0 spiro atoms. The van der Waals surface area contributed by atoms with Gasteiger partial charge in [0.05, 0.1) is 16.8 Å². The Balaban J connectivity index is 3.01. The maximum absolute atomic E-state index is 13.5. The average molecular weight is 221 g/mol. The first-order chi connectivity index (χ1) is 7.43. The van der Waals surface area contributed by atoms with Crippen molar-refractivity contribution in [2.45, 2.75) is 13.8 Å². The Morgan fingerprint density at radius 2 is 2.06 bits per heavy atom. The van der Waals surface area contributed by atoms with E-state index in [1.165, 1.54) is 0 Å². The number of hydrogen-bond acceptors (Lipinski definition) is 2. The first-order valence-corrected chi connectivity index (χ1v) is 4.80. The Bertz CT molecular complexity index is 601. The number of carbonyl (C=O) groups is 1. The van der Waals surface area contributed by atoms with Crippen molar-refractivity contribution in [3.05, 3.63) is 28.7 Å². The fourth-order valence-electron chi connectivity index (χ4n) is 1.85. The Morgan fingerprint density at radius 3 is 2.62 bits per heavy atom. The van der Waals surface area contributed by atoms with Gasteiger partial charge in [-0.2, -0.15) is 0 Å². The molecule has 0 unspecified atom stereocenters. The number of carbonyl (C=O) groups excluding carboxylic acids is 1. The minimum Gasteiger partial charge on any atom is -0.396 e. The highest BCUT2D eigenvalue weighted by Gasteiger charge is 2.17. The summed E-state index contributed by atoms with van der Waals surface area (Å²) in [5.74, 6) is -1.30. The second kappa shape index (κ2) is 3.23. The number of aryl methyl sites for hydroxylation is 2. The van der Waals surface area contributed by atoms with Crippen molar-refractivity contribution < 1.29 is 9.18 Å². The summed E-state index contributed by atoms with van der Waals surface area (Å²) in [7, 11) is 0. The molecule has 0 aliphatic heterocycles. The number of fused-ring (bicyclic) bond motifs is 1. The summed E-state index contributed by atoms with van der Waals surface area (Å²) in [6.45, 7) is 3.65. The van der Waals surface area contributed by atoms with E-state index in [-0.39, 0.29) is 11.3 Å². The van der Waals surface area contributed by atoms with E-state index >= 15 is 0 Å². The fraction of sp³-hybridized carbons (Fsp3) is 0.182. The summed E-state index contributed by atoms with van der Waals surface area (Å²) in [5, 5.41) is 0.534. The molecule has 5 heteroatoms. The monoisotopic (exact) mass is 221 g/mol. The lowest BCUT2D eigenvalue weighted by Gasteiger charge is -2.04. The standard InChI is InChI=1S/C11H12FN3O/c1-4-5(2)15-10-6(11(14)16)3-7(12)9(13)8(4)10/h3,15H,13H2,1-2H3,(H2,14,16). The number of hydrogen-bond donors (Lipinski definition) is 3. The molecule has 1 aromatic carbocycles. The average Bonchev–Trinajstić information content (AvgIpc) is 2.49. The van der Waals surface area contributed by atoms with Crippen LogP contribution in [0.5, 0.6) is 0 Å². The molecule has 84 valence electrons. The van der Waals surface area contributed by atoms with Gasteiger partial charge < -0.3 is 16.5 Å². The van der Waals surface area contributed by atoms with Crippen LogP contribution in [0.4, 0.5) is 10.1 Å². The normalized spacial score (nSPS) is 10.9. The highest BCUT2D eigenvalue weighted by atomic mass is 19.1. The van der Waals surface area contributed by atoms with Crippen LogP contribution in [-0.2, 0) is 0 Å². The second-order valence-electron chi connectivity index (χ2n) is 3.81. The van der Waals surface area contributed by atoms with Crippen LogP contribution in [0.15, 0.2) is 6.07 Å². The summed E-state index contributed by atoms with van der Waals surface area (Å²) in [6, 6.07) is 1.06. The summed E-state index contributed by atoms with van der Waals surface area (Å²) in [5.41, 5.74) is 13.2. The number of amides is 1. The Labute approximate surface area is 91.4 Å². The van der Waals surface area contributed by atoms with Crippen molar-refractivity contribution in [1.29, 1.82) is 0 Å². The first-order valence-electron chi connectivity index (χ1n) is 4.80. The van der Waals surface area contributed by atoms with Crippen LogP contribution in [0.1, 0.15) is 21.6 Å². The molecule has 0 aliphatic rings. The number of H-pyrrole nitrogens is 1. The molecule has 16 heavy (non-hydrogen) atoms. The van der Waals surface area contributed by atoms with Crippen LogP contribution < -0.4 is 11.5 Å². The fourth-order valence-corrected chi connectivity index (χ4v) is 1.85. The number of rotatable bonds is 1. The van der Waals surface area contributed by atoms with Gasteiger partial charge in [0.15, 0.2) is 0 Å². The summed E-state index contributed by atoms with van der Waals surface area (Å²) >= 11 is 0. The number of benzene rings is 1. The first kappa shape index (κ1) is 10.5. The quantitative estimate of drug-likeness (QED) is 0.639. The van der Waals surface area contributed by atoms with E-state index in [1.54, 1.807) is 0 Å². The Hall–Kier alpha value is -2.04. The van der Waals surface area contributed by atoms with Gasteiger partial charge >= 0.3 is 0 Å². The number of aromatic amines is 1. The lowest BCUT2D eigenvalue weighted by Crippen LogP contribution is -2.12. The minimum absolute atomic E-state index is 0.0434. The van der Waals surface area contributed by atoms with Gasteiger partial charge in [0, 0.05) is 11.1 Å². The third-order valence-corrected chi connectivity index (χ3v) is 2.83. The van der Waals surface area contributed by atoms with Crippen LogP contribution in [0.25, 0.3) is 10.9 Å². The number of nitrogens with one attached hydrogen (secondary N) is 1. The van der Waals surface area contributed by atoms with Crippen molar-refractivity contribution in [1.82, 2.24) is 4.98 Å². The third kappa shape index (κ3) is 1.25. The molecule has 0 saturated carbocycles. The lowest BCUT2D eigenvalue weighted by atomic mass is 10.1. The van der Waals surface area contributed by atoms with Gasteiger partial charge in [0.25, 0.3) is 5.91 Å². The van der Waals surface area contributed by atoms with Crippen molar-refractivity contribution in [2.24, 2.45) is 5.73 Å². The van der Waals surface area contributed by atoms with Crippen LogP contribution >= 0.6 is 0 Å². The molecule has 1 aromatic heterocycles. The van der Waals surface area contributed by atoms with Gasteiger partial charge in [0.2, 0.25) is 0 Å². The number of halogens is 1. The molecular weight excluding hydrogens is 209 g/mol. The zero-order chi connectivity index (χ0) is 12.0. The van der Waals surface area contributed by atoms with Gasteiger partial charge in [-0.3, -0.25) is 4.79 Å². The lowest BCUT2D eigenvalue weighted by molar-refractivity contribution is 0.100. The zero-order valence-corrected chi connectivity index (χ0v) is 9.02. The largest absolute Gasteiger partial charge is 0.396 e. The highest BCUT2D eigenvalue weighted by Crippen LogP contribution is 2.31. The topological polar surface area (TPSA) is 84.9 Å². The van der Waals surface area contributed by atoms with E-state index in [0.717, 1.165) is 17.3 Å². The molecule has 1 heterocycles. The van der Waals surface area contributed by atoms with E-state index < -0.39 is 11.7 Å². The molecule has 0 aliphatic carbocycles. The number of nitrogens with two attached hydrogens (primary N) is 2. The molecule has 4 nitrogen and oxygen atoms in total. The van der Waals surface area contributed by atoms with Gasteiger partial charge in [-0.25, -0.2) is 4.39 Å².